The van der Waals surface area contributed by atoms with Gasteiger partial charge < -0.3 is 15.5 Å². The molecule has 1 aliphatic heterocycles. The zero-order chi connectivity index (χ0) is 18.0. The molecule has 25 heavy (non-hydrogen) atoms. The average molecular weight is 347 g/mol. The van der Waals surface area contributed by atoms with Gasteiger partial charge in [-0.1, -0.05) is 6.07 Å². The number of amides is 3. The Bertz CT molecular complexity index is 703. The Labute approximate surface area is 145 Å². The number of rotatable bonds is 6. The summed E-state index contributed by atoms with van der Waals surface area (Å²) in [7, 11) is 0. The van der Waals surface area contributed by atoms with Crippen molar-refractivity contribution in [2.45, 2.75) is 26.2 Å². The molecule has 0 aromatic heterocycles. The van der Waals surface area contributed by atoms with E-state index >= 15 is 0 Å². The lowest BCUT2D eigenvalue weighted by molar-refractivity contribution is -0.126. The molecule has 1 saturated heterocycles. The number of halogens is 1. The molecule has 0 bridgehead atoms. The number of anilines is 1. The topological polar surface area (TPSA) is 78.5 Å². The number of carbonyl (C=O) groups is 3. The number of hydrogen-bond donors (Lipinski definition) is 2. The van der Waals surface area contributed by atoms with Gasteiger partial charge in [-0.2, -0.15) is 0 Å². The third-order valence-corrected chi connectivity index (χ3v) is 4.56. The lowest BCUT2D eigenvalue weighted by Gasteiger charge is -2.17. The van der Waals surface area contributed by atoms with Crippen LogP contribution in [0.3, 0.4) is 0 Å². The van der Waals surface area contributed by atoms with Gasteiger partial charge in [0.1, 0.15) is 5.82 Å². The monoisotopic (exact) mass is 347 g/mol. The van der Waals surface area contributed by atoms with E-state index in [0.717, 1.165) is 18.4 Å². The molecule has 1 aromatic carbocycles. The largest absolute Gasteiger partial charge is 0.354 e. The third kappa shape index (κ3) is 4.15. The molecule has 1 saturated carbocycles. The Balaban J connectivity index is 1.49. The van der Waals surface area contributed by atoms with Gasteiger partial charge in [0.05, 0.1) is 11.6 Å². The summed E-state index contributed by atoms with van der Waals surface area (Å²) in [5.41, 5.74) is 0.984. The minimum Gasteiger partial charge on any atom is -0.354 e. The van der Waals surface area contributed by atoms with Crippen molar-refractivity contribution >= 4 is 23.4 Å². The summed E-state index contributed by atoms with van der Waals surface area (Å²) in [5, 5.41) is 5.50. The summed E-state index contributed by atoms with van der Waals surface area (Å²) in [5.74, 6) is -1.30. The molecule has 0 radical (unpaired) electrons. The van der Waals surface area contributed by atoms with Crippen LogP contribution >= 0.6 is 0 Å². The molecule has 3 rings (SSSR count). The molecule has 1 unspecified atom stereocenters. The van der Waals surface area contributed by atoms with Crippen LogP contribution in [0.25, 0.3) is 0 Å². The van der Waals surface area contributed by atoms with Crippen molar-refractivity contribution in [3.8, 4) is 0 Å². The van der Waals surface area contributed by atoms with Gasteiger partial charge in [0.2, 0.25) is 17.7 Å². The fourth-order valence-corrected chi connectivity index (χ4v) is 2.95. The molecule has 1 atom stereocenters. The van der Waals surface area contributed by atoms with Gasteiger partial charge in [0.15, 0.2) is 0 Å². The van der Waals surface area contributed by atoms with Crippen LogP contribution in [0.15, 0.2) is 18.2 Å². The molecule has 6 nitrogen and oxygen atoms in total. The number of nitrogens with zero attached hydrogens (tertiary/aromatic N) is 1. The van der Waals surface area contributed by atoms with E-state index in [1.807, 2.05) is 0 Å². The van der Waals surface area contributed by atoms with E-state index < -0.39 is 11.7 Å². The molecule has 7 heteroatoms. The first-order chi connectivity index (χ1) is 12.0. The predicted octanol–water partition coefficient (Wildman–Crippen LogP) is 1.13. The van der Waals surface area contributed by atoms with Crippen LogP contribution in [-0.4, -0.2) is 37.4 Å². The van der Waals surface area contributed by atoms with Crippen LogP contribution in [0.2, 0.25) is 0 Å². The number of aryl methyl sites for hydroxylation is 1. The Morgan fingerprint density at radius 2 is 1.80 bits per heavy atom. The summed E-state index contributed by atoms with van der Waals surface area (Å²) in [6.45, 7) is 2.63. The van der Waals surface area contributed by atoms with E-state index in [9.17, 15) is 18.8 Å². The number of carbonyl (C=O) groups excluding carboxylic acids is 3. The first-order valence-corrected chi connectivity index (χ1v) is 8.57. The van der Waals surface area contributed by atoms with Crippen LogP contribution in [0.1, 0.15) is 24.8 Å². The Hall–Kier alpha value is -2.44. The van der Waals surface area contributed by atoms with E-state index in [2.05, 4.69) is 10.6 Å². The van der Waals surface area contributed by atoms with Crippen molar-refractivity contribution in [3.05, 3.63) is 29.6 Å². The molecule has 2 N–H and O–H groups in total. The van der Waals surface area contributed by atoms with Gasteiger partial charge in [-0.15, -0.1) is 0 Å². The predicted molar refractivity (Wildman–Crippen MR) is 90.3 cm³/mol. The zero-order valence-corrected chi connectivity index (χ0v) is 14.2. The molecule has 1 aromatic rings. The fourth-order valence-electron chi connectivity index (χ4n) is 2.95. The molecular weight excluding hydrogens is 325 g/mol. The van der Waals surface area contributed by atoms with E-state index in [4.69, 9.17) is 0 Å². The molecule has 0 spiro atoms. The van der Waals surface area contributed by atoms with Gasteiger partial charge >= 0.3 is 0 Å². The molecule has 2 fully saturated rings. The van der Waals surface area contributed by atoms with Gasteiger partial charge in [-0.25, -0.2) is 4.39 Å². The molecule has 2 aliphatic rings. The number of hydrogen-bond acceptors (Lipinski definition) is 3. The molecule has 134 valence electrons. The van der Waals surface area contributed by atoms with E-state index in [1.165, 1.54) is 11.0 Å². The van der Waals surface area contributed by atoms with Crippen molar-refractivity contribution in [2.24, 2.45) is 11.8 Å². The zero-order valence-electron chi connectivity index (χ0n) is 14.2. The Morgan fingerprint density at radius 3 is 2.40 bits per heavy atom. The Kier molecular flexibility index (Phi) is 5.01. The minimum absolute atomic E-state index is 0.0336. The maximum Gasteiger partial charge on any atom is 0.227 e. The van der Waals surface area contributed by atoms with Gasteiger partial charge in [0, 0.05) is 32.0 Å². The Morgan fingerprint density at radius 1 is 1.16 bits per heavy atom. The normalized spacial score (nSPS) is 19.8. The average Bonchev–Trinajstić information content (AvgIpc) is 3.35. The van der Waals surface area contributed by atoms with E-state index in [1.54, 1.807) is 19.1 Å². The number of benzene rings is 1. The van der Waals surface area contributed by atoms with Crippen LogP contribution in [0.4, 0.5) is 10.1 Å². The van der Waals surface area contributed by atoms with Crippen molar-refractivity contribution < 1.29 is 18.8 Å². The van der Waals surface area contributed by atoms with Crippen molar-refractivity contribution in [1.29, 1.82) is 0 Å². The number of nitrogens with one attached hydrogen (secondary N) is 2. The summed E-state index contributed by atoms with van der Waals surface area (Å²) in [6, 6.07) is 4.68. The van der Waals surface area contributed by atoms with Crippen LogP contribution in [0, 0.1) is 24.6 Å². The summed E-state index contributed by atoms with van der Waals surface area (Å²) >= 11 is 0. The first kappa shape index (κ1) is 17.4. The lowest BCUT2D eigenvalue weighted by atomic mass is 10.1. The highest BCUT2D eigenvalue weighted by molar-refractivity contribution is 6.00. The van der Waals surface area contributed by atoms with Crippen molar-refractivity contribution in [3.63, 3.8) is 0 Å². The molecular formula is C18H22FN3O3. The first-order valence-electron chi connectivity index (χ1n) is 8.57. The smallest absolute Gasteiger partial charge is 0.227 e. The van der Waals surface area contributed by atoms with E-state index in [-0.39, 0.29) is 42.3 Å². The highest BCUT2D eigenvalue weighted by Gasteiger charge is 2.36. The van der Waals surface area contributed by atoms with Crippen LogP contribution < -0.4 is 15.5 Å². The third-order valence-electron chi connectivity index (χ3n) is 4.56. The van der Waals surface area contributed by atoms with Gasteiger partial charge in [-0.05, 0) is 37.5 Å². The van der Waals surface area contributed by atoms with Crippen LogP contribution in [0.5, 0.6) is 0 Å². The van der Waals surface area contributed by atoms with Gasteiger partial charge in [-0.3, -0.25) is 14.4 Å². The summed E-state index contributed by atoms with van der Waals surface area (Å²) in [6.07, 6.45) is 1.94. The van der Waals surface area contributed by atoms with Crippen molar-refractivity contribution in [1.82, 2.24) is 10.6 Å². The summed E-state index contributed by atoms with van der Waals surface area (Å²) < 4.78 is 14.1. The second-order valence-corrected chi connectivity index (χ2v) is 6.72. The second kappa shape index (κ2) is 7.21. The van der Waals surface area contributed by atoms with Crippen LogP contribution in [-0.2, 0) is 14.4 Å². The summed E-state index contributed by atoms with van der Waals surface area (Å²) in [4.78, 5) is 37.2. The maximum absolute atomic E-state index is 14.1. The van der Waals surface area contributed by atoms with Crippen molar-refractivity contribution in [2.75, 3.05) is 24.5 Å². The lowest BCUT2D eigenvalue weighted by Crippen LogP contribution is -2.38. The molecule has 1 aliphatic carbocycles. The minimum atomic E-state index is -0.507. The quantitative estimate of drug-likeness (QED) is 0.757. The second-order valence-electron chi connectivity index (χ2n) is 6.72. The SMILES string of the molecule is Cc1ccc(N2CC(C(=O)NCCNC(=O)C3CC3)CC2=O)c(F)c1. The van der Waals surface area contributed by atoms with E-state index in [0.29, 0.717) is 13.1 Å². The highest BCUT2D eigenvalue weighted by Crippen LogP contribution is 2.29. The highest BCUT2D eigenvalue weighted by atomic mass is 19.1. The fraction of sp³-hybridized carbons (Fsp3) is 0.500. The standard InChI is InChI=1S/C18H22FN3O3/c1-11-2-5-15(14(19)8-11)22-10-13(9-16(22)23)18(25)21-7-6-20-17(24)12-3-4-12/h2,5,8,12-13H,3-4,6-7,9-10H2,1H3,(H,20,24)(H,21,25). The molecule has 3 amide bonds. The van der Waals surface area contributed by atoms with Gasteiger partial charge in [0.25, 0.3) is 0 Å². The molecule has 1 heterocycles. The maximum atomic E-state index is 14.1.